The van der Waals surface area contributed by atoms with Crippen molar-refractivity contribution in [2.24, 2.45) is 0 Å². The molecule has 0 aromatic heterocycles. The Labute approximate surface area is 66.7 Å². The van der Waals surface area contributed by atoms with Gasteiger partial charge in [-0.2, -0.15) is 0 Å². The van der Waals surface area contributed by atoms with Crippen LogP contribution in [-0.2, 0) is 0 Å². The molecule has 0 fully saturated rings. The highest BCUT2D eigenvalue weighted by molar-refractivity contribution is 5.40. The van der Waals surface area contributed by atoms with Crippen molar-refractivity contribution in [2.75, 3.05) is 5.73 Å². The number of benzene rings is 1. The summed E-state index contributed by atoms with van der Waals surface area (Å²) in [6.45, 7) is 1.82. The van der Waals surface area contributed by atoms with Crippen molar-refractivity contribution in [3.8, 4) is 0 Å². The maximum absolute atomic E-state index is 9.32. The Bertz CT molecular complexity index is 218. The second kappa shape index (κ2) is 3.39. The highest BCUT2D eigenvalue weighted by Gasteiger charge is 2.02. The van der Waals surface area contributed by atoms with Crippen LogP contribution < -0.4 is 5.73 Å². The molecule has 59 valence electrons. The molecule has 1 unspecified atom stereocenters. The van der Waals surface area contributed by atoms with Crippen LogP contribution in [0.4, 0.5) is 5.69 Å². The molecule has 0 heterocycles. The zero-order chi connectivity index (χ0) is 8.27. The molecule has 1 rings (SSSR count). The normalized spacial score (nSPS) is 12.9. The van der Waals surface area contributed by atoms with Crippen LogP contribution in [-0.4, -0.2) is 5.11 Å². The van der Waals surface area contributed by atoms with Crippen LogP contribution >= 0.6 is 0 Å². The van der Waals surface area contributed by atoms with Crippen molar-refractivity contribution in [3.05, 3.63) is 36.2 Å². The first kappa shape index (κ1) is 8.08. The topological polar surface area (TPSA) is 46.2 Å². The highest BCUT2D eigenvalue weighted by atomic mass is 16.3. The molecule has 0 saturated carbocycles. The largest absolute Gasteiger partial charge is 0.399 e. The maximum atomic E-state index is 9.32. The molecular formula is C9H12NO. The SMILES string of the molecule is C[CH]C(O)c1ccc(N)cc1. The van der Waals surface area contributed by atoms with Gasteiger partial charge in [0.25, 0.3) is 0 Å². The van der Waals surface area contributed by atoms with Crippen LogP contribution in [0.1, 0.15) is 18.6 Å². The summed E-state index contributed by atoms with van der Waals surface area (Å²) in [6.07, 6.45) is 1.25. The molecule has 2 nitrogen and oxygen atoms in total. The standard InChI is InChI=1S/C9H12NO/c1-2-9(11)7-3-5-8(10)6-4-7/h2-6,9,11H,10H2,1H3. The number of rotatable bonds is 2. The van der Waals surface area contributed by atoms with Crippen molar-refractivity contribution in [3.63, 3.8) is 0 Å². The van der Waals surface area contributed by atoms with Gasteiger partial charge in [0.2, 0.25) is 0 Å². The number of hydrogen-bond acceptors (Lipinski definition) is 2. The highest BCUT2D eigenvalue weighted by Crippen LogP contribution is 2.16. The van der Waals surface area contributed by atoms with Gasteiger partial charge in [-0.3, -0.25) is 0 Å². The third kappa shape index (κ3) is 1.95. The lowest BCUT2D eigenvalue weighted by Gasteiger charge is -2.06. The molecule has 2 heteroatoms. The van der Waals surface area contributed by atoms with Crippen LogP contribution in [0.2, 0.25) is 0 Å². The van der Waals surface area contributed by atoms with E-state index in [1.807, 2.05) is 19.1 Å². The van der Waals surface area contributed by atoms with E-state index in [1.165, 1.54) is 0 Å². The second-order valence-corrected chi connectivity index (χ2v) is 2.44. The average Bonchev–Trinajstić information content (AvgIpc) is 2.05. The number of nitrogen functional groups attached to an aromatic ring is 1. The number of nitrogens with two attached hydrogens (primary N) is 1. The third-order valence-electron chi connectivity index (χ3n) is 1.59. The van der Waals surface area contributed by atoms with Gasteiger partial charge >= 0.3 is 0 Å². The van der Waals surface area contributed by atoms with E-state index in [1.54, 1.807) is 18.6 Å². The number of anilines is 1. The Morgan fingerprint density at radius 1 is 1.36 bits per heavy atom. The third-order valence-corrected chi connectivity index (χ3v) is 1.59. The van der Waals surface area contributed by atoms with Gasteiger partial charge in [-0.25, -0.2) is 0 Å². The fourth-order valence-corrected chi connectivity index (χ4v) is 0.886. The smallest absolute Gasteiger partial charge is 0.0819 e. The van der Waals surface area contributed by atoms with Gasteiger partial charge in [0.05, 0.1) is 6.10 Å². The van der Waals surface area contributed by atoms with E-state index < -0.39 is 6.10 Å². The van der Waals surface area contributed by atoms with Crippen molar-refractivity contribution in [1.82, 2.24) is 0 Å². The number of hydrogen-bond donors (Lipinski definition) is 2. The van der Waals surface area contributed by atoms with Gasteiger partial charge in [0.15, 0.2) is 0 Å². The Hall–Kier alpha value is -1.02. The predicted octanol–water partition coefficient (Wildman–Crippen LogP) is 1.53. The molecule has 0 amide bonds. The predicted molar refractivity (Wildman–Crippen MR) is 45.8 cm³/mol. The van der Waals surface area contributed by atoms with Crippen molar-refractivity contribution in [1.29, 1.82) is 0 Å². The lowest BCUT2D eigenvalue weighted by Crippen LogP contribution is -1.95. The van der Waals surface area contributed by atoms with Crippen LogP contribution in [0.25, 0.3) is 0 Å². The summed E-state index contributed by atoms with van der Waals surface area (Å²) in [7, 11) is 0. The summed E-state index contributed by atoms with van der Waals surface area (Å²) in [5, 5.41) is 9.32. The fourth-order valence-electron chi connectivity index (χ4n) is 0.886. The van der Waals surface area contributed by atoms with E-state index in [4.69, 9.17) is 5.73 Å². The van der Waals surface area contributed by atoms with Crippen LogP contribution in [0.5, 0.6) is 0 Å². The Kier molecular flexibility index (Phi) is 2.49. The quantitative estimate of drug-likeness (QED) is 0.628. The molecule has 1 aromatic rings. The molecule has 0 aliphatic heterocycles. The molecule has 0 bridgehead atoms. The van der Waals surface area contributed by atoms with Crippen molar-refractivity contribution in [2.45, 2.75) is 13.0 Å². The van der Waals surface area contributed by atoms with E-state index >= 15 is 0 Å². The summed E-state index contributed by atoms with van der Waals surface area (Å²) in [6, 6.07) is 7.20. The zero-order valence-corrected chi connectivity index (χ0v) is 6.49. The van der Waals surface area contributed by atoms with Gasteiger partial charge in [-0.15, -0.1) is 0 Å². The molecule has 0 aliphatic rings. The van der Waals surface area contributed by atoms with Crippen LogP contribution in [0.3, 0.4) is 0 Å². The lowest BCUT2D eigenvalue weighted by molar-refractivity contribution is 0.212. The van der Waals surface area contributed by atoms with Gasteiger partial charge in [0.1, 0.15) is 0 Å². The summed E-state index contributed by atoms with van der Waals surface area (Å²) >= 11 is 0. The summed E-state index contributed by atoms with van der Waals surface area (Å²) in [5.41, 5.74) is 7.07. The van der Waals surface area contributed by atoms with E-state index in [-0.39, 0.29) is 0 Å². The molecular weight excluding hydrogens is 138 g/mol. The second-order valence-electron chi connectivity index (χ2n) is 2.44. The minimum absolute atomic E-state index is 0.476. The minimum atomic E-state index is -0.476. The molecule has 1 aromatic carbocycles. The summed E-state index contributed by atoms with van der Waals surface area (Å²) in [4.78, 5) is 0. The first-order valence-corrected chi connectivity index (χ1v) is 3.57. The van der Waals surface area contributed by atoms with E-state index in [0.717, 1.165) is 11.3 Å². The Morgan fingerprint density at radius 2 is 1.91 bits per heavy atom. The Morgan fingerprint density at radius 3 is 2.36 bits per heavy atom. The molecule has 0 saturated heterocycles. The molecule has 1 atom stereocenters. The van der Waals surface area contributed by atoms with Gasteiger partial charge in [-0.1, -0.05) is 19.1 Å². The van der Waals surface area contributed by atoms with Crippen LogP contribution in [0.15, 0.2) is 24.3 Å². The monoisotopic (exact) mass is 150 g/mol. The first-order valence-electron chi connectivity index (χ1n) is 3.57. The number of aliphatic hydroxyl groups excluding tert-OH is 1. The molecule has 0 spiro atoms. The first-order chi connectivity index (χ1) is 5.24. The van der Waals surface area contributed by atoms with Crippen LogP contribution in [0, 0.1) is 6.42 Å². The fraction of sp³-hybridized carbons (Fsp3) is 0.222. The average molecular weight is 150 g/mol. The molecule has 1 radical (unpaired) electrons. The van der Waals surface area contributed by atoms with Crippen molar-refractivity contribution >= 4 is 5.69 Å². The minimum Gasteiger partial charge on any atom is -0.399 e. The van der Waals surface area contributed by atoms with Crippen molar-refractivity contribution < 1.29 is 5.11 Å². The van der Waals surface area contributed by atoms with Gasteiger partial charge < -0.3 is 10.8 Å². The zero-order valence-electron chi connectivity index (χ0n) is 6.49. The number of aliphatic hydroxyl groups is 1. The maximum Gasteiger partial charge on any atom is 0.0819 e. The van der Waals surface area contributed by atoms with E-state index in [0.29, 0.717) is 0 Å². The summed E-state index contributed by atoms with van der Waals surface area (Å²) < 4.78 is 0. The molecule has 0 aliphatic carbocycles. The molecule has 11 heavy (non-hydrogen) atoms. The van der Waals surface area contributed by atoms with Gasteiger partial charge in [-0.05, 0) is 24.1 Å². The van der Waals surface area contributed by atoms with Gasteiger partial charge in [0, 0.05) is 5.69 Å². The molecule has 3 N–H and O–H groups in total. The van der Waals surface area contributed by atoms with E-state index in [9.17, 15) is 5.11 Å². The van der Waals surface area contributed by atoms with E-state index in [2.05, 4.69) is 0 Å². The lowest BCUT2D eigenvalue weighted by atomic mass is 10.1. The summed E-state index contributed by atoms with van der Waals surface area (Å²) in [5.74, 6) is 0. The Balaban J connectivity index is 2.81.